The Labute approximate surface area is 108 Å². The molecule has 1 aromatic rings. The number of rotatable bonds is 8. The Morgan fingerprint density at radius 3 is 2.22 bits per heavy atom. The second kappa shape index (κ2) is 7.71. The Bertz CT molecular complexity index is 338. The SMILES string of the molecule is COc1cc(OC)nc(N(C)CCCCCN)n1. The third-order valence-corrected chi connectivity index (χ3v) is 2.62. The Kier molecular flexibility index (Phi) is 6.21. The van der Waals surface area contributed by atoms with Crippen LogP contribution in [0.4, 0.5) is 5.95 Å². The summed E-state index contributed by atoms with van der Waals surface area (Å²) in [5.74, 6) is 1.62. The molecule has 0 aliphatic heterocycles. The van der Waals surface area contributed by atoms with Gasteiger partial charge in [0.15, 0.2) is 0 Å². The molecule has 102 valence electrons. The molecule has 6 nitrogen and oxygen atoms in total. The summed E-state index contributed by atoms with van der Waals surface area (Å²) in [7, 11) is 5.11. The van der Waals surface area contributed by atoms with E-state index in [1.807, 2.05) is 11.9 Å². The van der Waals surface area contributed by atoms with Crippen LogP contribution in [0.25, 0.3) is 0 Å². The summed E-state index contributed by atoms with van der Waals surface area (Å²) in [6.07, 6.45) is 3.23. The van der Waals surface area contributed by atoms with Gasteiger partial charge < -0.3 is 20.1 Å². The molecule has 0 atom stereocenters. The van der Waals surface area contributed by atoms with Crippen LogP contribution >= 0.6 is 0 Å². The van der Waals surface area contributed by atoms with Gasteiger partial charge in [0, 0.05) is 13.6 Å². The normalized spacial score (nSPS) is 10.2. The van der Waals surface area contributed by atoms with Crippen LogP contribution in [-0.4, -0.2) is 44.3 Å². The zero-order valence-electron chi connectivity index (χ0n) is 11.3. The highest BCUT2D eigenvalue weighted by Crippen LogP contribution is 2.19. The van der Waals surface area contributed by atoms with Crippen LogP contribution in [0.3, 0.4) is 0 Å². The first-order valence-electron chi connectivity index (χ1n) is 6.09. The first-order valence-corrected chi connectivity index (χ1v) is 6.09. The lowest BCUT2D eigenvalue weighted by molar-refractivity contribution is 0.371. The third-order valence-electron chi connectivity index (χ3n) is 2.62. The molecule has 0 fully saturated rings. The van der Waals surface area contributed by atoms with Crippen molar-refractivity contribution in [2.24, 2.45) is 5.73 Å². The zero-order valence-corrected chi connectivity index (χ0v) is 11.3. The van der Waals surface area contributed by atoms with Gasteiger partial charge in [-0.25, -0.2) is 0 Å². The molecule has 0 saturated heterocycles. The van der Waals surface area contributed by atoms with Crippen molar-refractivity contribution in [1.29, 1.82) is 0 Å². The van der Waals surface area contributed by atoms with E-state index >= 15 is 0 Å². The summed E-state index contributed by atoms with van der Waals surface area (Å²) >= 11 is 0. The molecule has 0 saturated carbocycles. The number of ether oxygens (including phenoxy) is 2. The predicted molar refractivity (Wildman–Crippen MR) is 71.3 cm³/mol. The monoisotopic (exact) mass is 254 g/mol. The van der Waals surface area contributed by atoms with E-state index in [1.54, 1.807) is 20.3 Å². The van der Waals surface area contributed by atoms with Gasteiger partial charge in [-0.15, -0.1) is 0 Å². The molecule has 1 aromatic heterocycles. The maximum Gasteiger partial charge on any atom is 0.231 e. The van der Waals surface area contributed by atoms with E-state index in [0.717, 1.165) is 32.4 Å². The molecule has 18 heavy (non-hydrogen) atoms. The lowest BCUT2D eigenvalue weighted by atomic mass is 10.2. The predicted octanol–water partition coefficient (Wildman–Crippen LogP) is 1.06. The van der Waals surface area contributed by atoms with Crippen molar-refractivity contribution in [3.63, 3.8) is 0 Å². The molecule has 0 spiro atoms. The number of anilines is 1. The van der Waals surface area contributed by atoms with Crippen LogP contribution in [0.15, 0.2) is 6.07 Å². The van der Waals surface area contributed by atoms with Crippen LogP contribution < -0.4 is 20.1 Å². The number of hydrogen-bond acceptors (Lipinski definition) is 6. The summed E-state index contributed by atoms with van der Waals surface area (Å²) in [4.78, 5) is 10.6. The molecule has 6 heteroatoms. The van der Waals surface area contributed by atoms with Crippen molar-refractivity contribution < 1.29 is 9.47 Å². The van der Waals surface area contributed by atoms with Crippen molar-refractivity contribution >= 4 is 5.95 Å². The van der Waals surface area contributed by atoms with Gasteiger partial charge in [-0.3, -0.25) is 0 Å². The van der Waals surface area contributed by atoms with Crippen molar-refractivity contribution in [2.75, 3.05) is 39.3 Å². The average molecular weight is 254 g/mol. The van der Waals surface area contributed by atoms with Crippen LogP contribution in [0.5, 0.6) is 11.8 Å². The largest absolute Gasteiger partial charge is 0.481 e. The molecule has 0 bridgehead atoms. The van der Waals surface area contributed by atoms with Gasteiger partial charge in [0.1, 0.15) is 0 Å². The van der Waals surface area contributed by atoms with E-state index in [1.165, 1.54) is 0 Å². The smallest absolute Gasteiger partial charge is 0.231 e. The Morgan fingerprint density at radius 1 is 1.11 bits per heavy atom. The Balaban J connectivity index is 2.63. The fourth-order valence-corrected chi connectivity index (χ4v) is 1.54. The third kappa shape index (κ3) is 4.37. The van der Waals surface area contributed by atoms with Gasteiger partial charge in [-0.05, 0) is 19.4 Å². The molecule has 1 rings (SSSR count). The number of unbranched alkanes of at least 4 members (excludes halogenated alkanes) is 2. The number of aromatic nitrogens is 2. The lowest BCUT2D eigenvalue weighted by Crippen LogP contribution is -2.21. The molecule has 0 aliphatic carbocycles. The van der Waals surface area contributed by atoms with Crippen LogP contribution in [-0.2, 0) is 0 Å². The summed E-state index contributed by atoms with van der Waals surface area (Å²) in [6.45, 7) is 1.63. The fraction of sp³-hybridized carbons (Fsp3) is 0.667. The molecule has 2 N–H and O–H groups in total. The van der Waals surface area contributed by atoms with Crippen LogP contribution in [0.1, 0.15) is 19.3 Å². The van der Waals surface area contributed by atoms with E-state index in [-0.39, 0.29) is 0 Å². The van der Waals surface area contributed by atoms with Crippen molar-refractivity contribution in [2.45, 2.75) is 19.3 Å². The van der Waals surface area contributed by atoms with E-state index in [2.05, 4.69) is 9.97 Å². The lowest BCUT2D eigenvalue weighted by Gasteiger charge is -2.17. The summed E-state index contributed by atoms with van der Waals surface area (Å²) < 4.78 is 10.2. The average Bonchev–Trinajstić information content (AvgIpc) is 2.42. The summed E-state index contributed by atoms with van der Waals surface area (Å²) in [5.41, 5.74) is 5.46. The molecule has 0 aromatic carbocycles. The fourth-order valence-electron chi connectivity index (χ4n) is 1.54. The molecular formula is C12H22N4O2. The van der Waals surface area contributed by atoms with Crippen molar-refractivity contribution in [3.05, 3.63) is 6.07 Å². The summed E-state index contributed by atoms with van der Waals surface area (Å²) in [6, 6.07) is 1.66. The topological polar surface area (TPSA) is 73.5 Å². The highest BCUT2D eigenvalue weighted by atomic mass is 16.5. The van der Waals surface area contributed by atoms with Crippen molar-refractivity contribution in [1.82, 2.24) is 9.97 Å². The Hall–Kier alpha value is -1.56. The standard InChI is InChI=1S/C12H22N4O2/c1-16(8-6-4-5-7-13)12-14-10(17-2)9-11(15-12)18-3/h9H,4-8,13H2,1-3H3. The second-order valence-electron chi connectivity index (χ2n) is 4.02. The van der Waals surface area contributed by atoms with Crippen LogP contribution in [0, 0.1) is 0 Å². The molecule has 0 aliphatic rings. The first-order chi connectivity index (χ1) is 8.71. The minimum atomic E-state index is 0.505. The molecule has 0 radical (unpaired) electrons. The minimum absolute atomic E-state index is 0.505. The van der Waals surface area contributed by atoms with Crippen molar-refractivity contribution in [3.8, 4) is 11.8 Å². The highest BCUT2D eigenvalue weighted by Gasteiger charge is 2.09. The van der Waals surface area contributed by atoms with Gasteiger partial charge in [0.05, 0.1) is 20.3 Å². The number of nitrogens with zero attached hydrogens (tertiary/aromatic N) is 3. The zero-order chi connectivity index (χ0) is 13.4. The van der Waals surface area contributed by atoms with Gasteiger partial charge >= 0.3 is 0 Å². The van der Waals surface area contributed by atoms with Crippen LogP contribution in [0.2, 0.25) is 0 Å². The van der Waals surface area contributed by atoms with Gasteiger partial charge in [0.2, 0.25) is 17.7 Å². The van der Waals surface area contributed by atoms with Gasteiger partial charge in [-0.1, -0.05) is 6.42 Å². The first kappa shape index (κ1) is 14.5. The molecule has 0 amide bonds. The number of hydrogen-bond donors (Lipinski definition) is 1. The minimum Gasteiger partial charge on any atom is -0.481 e. The Morgan fingerprint density at radius 2 is 1.72 bits per heavy atom. The maximum absolute atomic E-state index is 5.46. The van der Waals surface area contributed by atoms with E-state index < -0.39 is 0 Å². The van der Waals surface area contributed by atoms with E-state index in [0.29, 0.717) is 17.7 Å². The van der Waals surface area contributed by atoms with Gasteiger partial charge in [-0.2, -0.15) is 9.97 Å². The number of methoxy groups -OCH3 is 2. The molecule has 0 unspecified atom stereocenters. The van der Waals surface area contributed by atoms with E-state index in [4.69, 9.17) is 15.2 Å². The van der Waals surface area contributed by atoms with E-state index in [9.17, 15) is 0 Å². The molecule has 1 heterocycles. The number of nitrogens with two attached hydrogens (primary N) is 1. The van der Waals surface area contributed by atoms with Gasteiger partial charge in [0.25, 0.3) is 0 Å². The highest BCUT2D eigenvalue weighted by molar-refractivity contribution is 5.35. The summed E-state index contributed by atoms with van der Waals surface area (Å²) in [5, 5.41) is 0. The maximum atomic E-state index is 5.46. The second-order valence-corrected chi connectivity index (χ2v) is 4.02. The quantitative estimate of drug-likeness (QED) is 0.699. The molecular weight excluding hydrogens is 232 g/mol.